The van der Waals surface area contributed by atoms with E-state index < -0.39 is 0 Å². The first-order valence-corrected chi connectivity index (χ1v) is 12.9. The monoisotopic (exact) mass is 516 g/mol. The van der Waals surface area contributed by atoms with Crippen LogP contribution in [0.3, 0.4) is 0 Å². The third kappa shape index (κ3) is 5.22. The highest BCUT2D eigenvalue weighted by Gasteiger charge is 2.33. The maximum absolute atomic E-state index is 14.2. The Hall–Kier alpha value is -3.91. The van der Waals surface area contributed by atoms with Crippen LogP contribution in [0, 0.1) is 11.7 Å². The highest BCUT2D eigenvalue weighted by atomic mass is 19.1. The molecule has 8 heteroatoms. The number of halogens is 1. The van der Waals surface area contributed by atoms with Gasteiger partial charge in [-0.3, -0.25) is 9.69 Å². The van der Waals surface area contributed by atoms with Gasteiger partial charge in [-0.05, 0) is 42.3 Å². The minimum absolute atomic E-state index is 0.00431. The van der Waals surface area contributed by atoms with E-state index in [4.69, 9.17) is 14.5 Å². The molecule has 4 aromatic rings. The Morgan fingerprint density at radius 2 is 1.79 bits per heavy atom. The zero-order chi connectivity index (χ0) is 26.8. The van der Waals surface area contributed by atoms with Crippen LogP contribution in [0.15, 0.2) is 60.7 Å². The van der Waals surface area contributed by atoms with E-state index >= 15 is 0 Å². The summed E-state index contributed by atoms with van der Waals surface area (Å²) in [6.07, 6.45) is 0. The van der Waals surface area contributed by atoms with Gasteiger partial charge in [-0.2, -0.15) is 0 Å². The lowest BCUT2D eigenvalue weighted by Crippen LogP contribution is -2.56. The number of ether oxygens (including phenoxy) is 2. The largest absolute Gasteiger partial charge is 0.497 e. The molecule has 1 amide bonds. The quantitative estimate of drug-likeness (QED) is 0.358. The van der Waals surface area contributed by atoms with E-state index in [1.54, 1.807) is 20.3 Å². The Balaban J connectivity index is 1.37. The molecule has 0 saturated carbocycles. The predicted octanol–water partition coefficient (Wildman–Crippen LogP) is 5.37. The molecule has 1 N–H and O–H groups in total. The molecule has 38 heavy (non-hydrogen) atoms. The third-order valence-corrected chi connectivity index (χ3v) is 7.24. The molecular weight excluding hydrogens is 483 g/mol. The first-order chi connectivity index (χ1) is 18.4. The van der Waals surface area contributed by atoms with Crippen molar-refractivity contribution in [2.45, 2.75) is 26.4 Å². The van der Waals surface area contributed by atoms with Crippen molar-refractivity contribution in [3.63, 3.8) is 0 Å². The molecule has 2 heterocycles. The Kier molecular flexibility index (Phi) is 7.33. The zero-order valence-electron chi connectivity index (χ0n) is 22.2. The molecule has 0 bridgehead atoms. The lowest BCUT2D eigenvalue weighted by atomic mass is 9.98. The van der Waals surface area contributed by atoms with Gasteiger partial charge in [0.1, 0.15) is 23.1 Å². The number of piperazine rings is 1. The van der Waals surface area contributed by atoms with Crippen molar-refractivity contribution in [2.75, 3.05) is 33.9 Å². The van der Waals surface area contributed by atoms with Crippen LogP contribution in [-0.2, 0) is 6.54 Å². The van der Waals surface area contributed by atoms with Crippen molar-refractivity contribution in [3.8, 4) is 22.9 Å². The summed E-state index contributed by atoms with van der Waals surface area (Å²) in [5, 5.41) is 0. The van der Waals surface area contributed by atoms with Gasteiger partial charge in [-0.15, -0.1) is 0 Å². The number of imidazole rings is 1. The number of methoxy groups -OCH3 is 2. The summed E-state index contributed by atoms with van der Waals surface area (Å²) in [5.41, 5.74) is 3.68. The number of hydrogen-bond donors (Lipinski definition) is 1. The molecule has 7 nitrogen and oxygen atoms in total. The van der Waals surface area contributed by atoms with Crippen LogP contribution < -0.4 is 9.47 Å². The fourth-order valence-corrected chi connectivity index (χ4v) is 5.09. The molecule has 1 atom stereocenters. The van der Waals surface area contributed by atoms with Crippen molar-refractivity contribution >= 4 is 16.9 Å². The molecule has 3 aromatic carbocycles. The van der Waals surface area contributed by atoms with Gasteiger partial charge in [0.2, 0.25) is 0 Å². The number of nitrogens with zero attached hydrogens (tertiary/aromatic N) is 3. The second-order valence-electron chi connectivity index (χ2n) is 10.1. The molecule has 1 aromatic heterocycles. The molecule has 198 valence electrons. The molecule has 0 radical (unpaired) electrons. The van der Waals surface area contributed by atoms with Gasteiger partial charge in [0.15, 0.2) is 0 Å². The van der Waals surface area contributed by atoms with Crippen molar-refractivity contribution in [1.82, 2.24) is 19.8 Å². The first kappa shape index (κ1) is 25.7. The van der Waals surface area contributed by atoms with Crippen LogP contribution in [0.1, 0.15) is 29.8 Å². The van der Waals surface area contributed by atoms with Gasteiger partial charge in [0.05, 0.1) is 25.3 Å². The van der Waals surface area contributed by atoms with Crippen molar-refractivity contribution < 1.29 is 18.7 Å². The predicted molar refractivity (Wildman–Crippen MR) is 146 cm³/mol. The summed E-state index contributed by atoms with van der Waals surface area (Å²) in [6, 6.07) is 18.1. The van der Waals surface area contributed by atoms with E-state index in [1.807, 2.05) is 53.4 Å². The standard InChI is InChI=1S/C30H33FN4O3/c1-19(2)28-18-34(17-21-7-5-6-8-25(21)31)11-12-35(28)30(36)20-9-10-26-27(15-20)33-29(32-26)22-13-23(37-3)16-24(14-22)38-4/h5-10,13-16,19,28H,11-12,17-18H2,1-4H3,(H,32,33)/t28-/m1/s1. The molecular formula is C30H33FN4O3. The van der Waals surface area contributed by atoms with Gasteiger partial charge in [0.25, 0.3) is 5.91 Å². The van der Waals surface area contributed by atoms with Crippen molar-refractivity contribution in [3.05, 3.63) is 77.6 Å². The Morgan fingerprint density at radius 3 is 2.47 bits per heavy atom. The maximum atomic E-state index is 14.2. The lowest BCUT2D eigenvalue weighted by molar-refractivity contribution is 0.0326. The third-order valence-electron chi connectivity index (χ3n) is 7.24. The van der Waals surface area contributed by atoms with Crippen LogP contribution >= 0.6 is 0 Å². The van der Waals surface area contributed by atoms with E-state index in [0.717, 1.165) is 16.6 Å². The van der Waals surface area contributed by atoms with E-state index in [9.17, 15) is 9.18 Å². The molecule has 5 rings (SSSR count). The number of aromatic nitrogens is 2. The summed E-state index contributed by atoms with van der Waals surface area (Å²) < 4.78 is 25.0. The second kappa shape index (κ2) is 10.8. The van der Waals surface area contributed by atoms with E-state index in [1.165, 1.54) is 6.07 Å². The smallest absolute Gasteiger partial charge is 0.254 e. The summed E-state index contributed by atoms with van der Waals surface area (Å²) in [7, 11) is 3.22. The Labute approximate surface area is 222 Å². The Bertz CT molecular complexity index is 1430. The van der Waals surface area contributed by atoms with Crippen LogP contribution in [0.4, 0.5) is 4.39 Å². The average molecular weight is 517 g/mol. The zero-order valence-corrected chi connectivity index (χ0v) is 22.2. The molecule has 1 fully saturated rings. The summed E-state index contributed by atoms with van der Waals surface area (Å²) in [4.78, 5) is 26.0. The molecule has 1 aliphatic heterocycles. The summed E-state index contributed by atoms with van der Waals surface area (Å²) in [5.74, 6) is 2.08. The van der Waals surface area contributed by atoms with Crippen molar-refractivity contribution in [2.24, 2.45) is 5.92 Å². The van der Waals surface area contributed by atoms with Gasteiger partial charge >= 0.3 is 0 Å². The minimum Gasteiger partial charge on any atom is -0.497 e. The van der Waals surface area contributed by atoms with Gasteiger partial charge in [-0.25, -0.2) is 9.37 Å². The van der Waals surface area contributed by atoms with Gasteiger partial charge in [-0.1, -0.05) is 32.0 Å². The average Bonchev–Trinajstić information content (AvgIpc) is 3.37. The number of carbonyl (C=O) groups excluding carboxylic acids is 1. The number of rotatable bonds is 7. The SMILES string of the molecule is COc1cc(OC)cc(-c2nc3ccc(C(=O)N4CCN(Cc5ccccc5F)C[C@@H]4C(C)C)cc3[nH]2)c1. The van der Waals surface area contributed by atoms with Gasteiger partial charge < -0.3 is 19.4 Å². The fourth-order valence-electron chi connectivity index (χ4n) is 5.09. The van der Waals surface area contributed by atoms with Gasteiger partial charge in [0, 0.05) is 55.0 Å². The van der Waals surface area contributed by atoms with Crippen LogP contribution in [0.5, 0.6) is 11.5 Å². The highest BCUT2D eigenvalue weighted by Crippen LogP contribution is 2.30. The number of benzene rings is 3. The lowest BCUT2D eigenvalue weighted by Gasteiger charge is -2.43. The number of hydrogen-bond acceptors (Lipinski definition) is 5. The maximum Gasteiger partial charge on any atom is 0.254 e. The minimum atomic E-state index is -0.188. The summed E-state index contributed by atoms with van der Waals surface area (Å²) in [6.45, 7) is 6.78. The summed E-state index contributed by atoms with van der Waals surface area (Å²) >= 11 is 0. The highest BCUT2D eigenvalue weighted by molar-refractivity contribution is 5.98. The molecule has 1 saturated heterocycles. The Morgan fingerprint density at radius 1 is 1.05 bits per heavy atom. The molecule has 1 aliphatic rings. The van der Waals surface area contributed by atoms with Crippen LogP contribution in [-0.4, -0.2) is 65.6 Å². The normalized spacial score (nSPS) is 16.3. The number of fused-ring (bicyclic) bond motifs is 1. The number of H-pyrrole nitrogens is 1. The molecule has 0 spiro atoms. The van der Waals surface area contributed by atoms with Crippen molar-refractivity contribution in [1.29, 1.82) is 0 Å². The molecule has 0 aliphatic carbocycles. The number of aromatic amines is 1. The van der Waals surface area contributed by atoms with Crippen LogP contribution in [0.25, 0.3) is 22.4 Å². The first-order valence-electron chi connectivity index (χ1n) is 12.9. The fraction of sp³-hybridized carbons (Fsp3) is 0.333. The topological polar surface area (TPSA) is 70.7 Å². The van der Waals surface area contributed by atoms with Crippen LogP contribution in [0.2, 0.25) is 0 Å². The van der Waals surface area contributed by atoms with E-state index in [0.29, 0.717) is 54.6 Å². The van der Waals surface area contributed by atoms with E-state index in [-0.39, 0.29) is 23.7 Å². The number of carbonyl (C=O) groups is 1. The number of amides is 1. The second-order valence-corrected chi connectivity index (χ2v) is 10.1. The van der Waals surface area contributed by atoms with E-state index in [2.05, 4.69) is 23.7 Å². The molecule has 0 unspecified atom stereocenters. The number of nitrogens with one attached hydrogen (secondary N) is 1.